The number of hydrogen-bond acceptors (Lipinski definition) is 5. The summed E-state index contributed by atoms with van der Waals surface area (Å²) in [7, 11) is 3.29. The molecule has 0 aliphatic carbocycles. The Hall–Kier alpha value is -3.02. The summed E-state index contributed by atoms with van der Waals surface area (Å²) in [6.45, 7) is 0.759. The van der Waals surface area contributed by atoms with Crippen molar-refractivity contribution in [3.8, 4) is 17.4 Å². The van der Waals surface area contributed by atoms with Crippen molar-refractivity contribution in [3.05, 3.63) is 65.9 Å². The number of hydrogen-bond donors (Lipinski definition) is 0. The van der Waals surface area contributed by atoms with Crippen molar-refractivity contribution >= 4 is 0 Å². The zero-order chi connectivity index (χ0) is 17.9. The Bertz CT molecular complexity index is 859. The molecule has 1 atom stereocenters. The highest BCUT2D eigenvalue weighted by Crippen LogP contribution is 2.42. The predicted octanol–water partition coefficient (Wildman–Crippen LogP) is 3.41. The third-order valence-corrected chi connectivity index (χ3v) is 4.61. The number of fused-ring (bicyclic) bond motifs is 1. The number of aryl methyl sites for hydroxylation is 1. The zero-order valence-electron chi connectivity index (χ0n) is 14.9. The summed E-state index contributed by atoms with van der Waals surface area (Å²) in [6, 6.07) is 8.09. The molecular weight excluding hydrogens is 330 g/mol. The van der Waals surface area contributed by atoms with Crippen LogP contribution in [0.25, 0.3) is 0 Å². The maximum atomic E-state index is 6.28. The normalized spacial score (nSPS) is 15.8. The van der Waals surface area contributed by atoms with Crippen molar-refractivity contribution in [2.24, 2.45) is 0 Å². The van der Waals surface area contributed by atoms with Crippen LogP contribution in [0.5, 0.6) is 17.4 Å². The molecule has 0 bridgehead atoms. The topological polar surface area (TPSA) is 58.4 Å². The van der Waals surface area contributed by atoms with E-state index in [9.17, 15) is 0 Å². The van der Waals surface area contributed by atoms with Gasteiger partial charge in [0.2, 0.25) is 5.88 Å². The molecule has 0 spiro atoms. The predicted molar refractivity (Wildman–Crippen MR) is 96.8 cm³/mol. The molecule has 134 valence electrons. The van der Waals surface area contributed by atoms with Crippen LogP contribution >= 0.6 is 0 Å². The molecule has 3 aromatic rings. The van der Waals surface area contributed by atoms with Gasteiger partial charge in [0, 0.05) is 36.8 Å². The van der Waals surface area contributed by atoms with Gasteiger partial charge in [0.05, 0.1) is 20.5 Å². The molecule has 2 aromatic heterocycles. The SMILES string of the molecule is COc1ccc(C2CCc3cc(Cn4ccnc4)cc(OC)c3O2)cn1. The monoisotopic (exact) mass is 351 g/mol. The zero-order valence-corrected chi connectivity index (χ0v) is 14.9. The molecule has 0 radical (unpaired) electrons. The van der Waals surface area contributed by atoms with Crippen molar-refractivity contribution in [1.82, 2.24) is 14.5 Å². The number of ether oxygens (including phenoxy) is 3. The van der Waals surface area contributed by atoms with Gasteiger partial charge < -0.3 is 18.8 Å². The largest absolute Gasteiger partial charge is 0.493 e. The molecule has 1 aliphatic heterocycles. The lowest BCUT2D eigenvalue weighted by Crippen LogP contribution is -2.16. The van der Waals surface area contributed by atoms with E-state index in [0.717, 1.165) is 36.4 Å². The molecule has 0 saturated carbocycles. The molecule has 1 aliphatic rings. The average molecular weight is 351 g/mol. The van der Waals surface area contributed by atoms with Crippen LogP contribution in [0.1, 0.15) is 29.2 Å². The van der Waals surface area contributed by atoms with Gasteiger partial charge in [0.15, 0.2) is 11.5 Å². The van der Waals surface area contributed by atoms with Crippen molar-refractivity contribution in [3.63, 3.8) is 0 Å². The number of nitrogens with zero attached hydrogens (tertiary/aromatic N) is 3. The standard InChI is InChI=1S/C20H21N3O3/c1-24-18-10-14(12-23-8-7-21-13-23)9-15-3-5-17(26-20(15)18)16-4-6-19(25-2)22-11-16/h4,6-11,13,17H,3,5,12H2,1-2H3. The van der Waals surface area contributed by atoms with Gasteiger partial charge in [-0.3, -0.25) is 0 Å². The summed E-state index contributed by atoms with van der Waals surface area (Å²) >= 11 is 0. The van der Waals surface area contributed by atoms with Gasteiger partial charge in [-0.25, -0.2) is 9.97 Å². The quantitative estimate of drug-likeness (QED) is 0.705. The molecule has 4 rings (SSSR count). The highest BCUT2D eigenvalue weighted by molar-refractivity contribution is 5.51. The highest BCUT2D eigenvalue weighted by atomic mass is 16.5. The summed E-state index contributed by atoms with van der Waals surface area (Å²) in [4.78, 5) is 8.38. The molecule has 0 fully saturated rings. The van der Waals surface area contributed by atoms with E-state index in [0.29, 0.717) is 5.88 Å². The fourth-order valence-corrected chi connectivity index (χ4v) is 3.30. The molecule has 26 heavy (non-hydrogen) atoms. The minimum Gasteiger partial charge on any atom is -0.493 e. The number of pyridine rings is 1. The number of methoxy groups -OCH3 is 2. The van der Waals surface area contributed by atoms with Crippen molar-refractivity contribution in [2.45, 2.75) is 25.5 Å². The van der Waals surface area contributed by atoms with E-state index in [1.165, 1.54) is 11.1 Å². The van der Waals surface area contributed by atoms with Crippen molar-refractivity contribution in [2.75, 3.05) is 14.2 Å². The van der Waals surface area contributed by atoms with E-state index in [2.05, 4.69) is 16.0 Å². The Labute approximate surface area is 152 Å². The van der Waals surface area contributed by atoms with Gasteiger partial charge in [-0.15, -0.1) is 0 Å². The molecule has 6 heteroatoms. The van der Waals surface area contributed by atoms with E-state index in [1.54, 1.807) is 20.4 Å². The number of imidazole rings is 1. The summed E-state index contributed by atoms with van der Waals surface area (Å²) in [5.74, 6) is 2.20. The molecule has 0 saturated heterocycles. The van der Waals surface area contributed by atoms with Gasteiger partial charge in [0.25, 0.3) is 0 Å². The molecular formula is C20H21N3O3. The molecule has 1 unspecified atom stereocenters. The summed E-state index contributed by atoms with van der Waals surface area (Å²) in [5, 5.41) is 0. The van der Waals surface area contributed by atoms with E-state index in [-0.39, 0.29) is 6.10 Å². The molecule has 0 amide bonds. The smallest absolute Gasteiger partial charge is 0.212 e. The lowest BCUT2D eigenvalue weighted by Gasteiger charge is -2.28. The molecule has 3 heterocycles. The Morgan fingerprint density at radius 1 is 1.23 bits per heavy atom. The average Bonchev–Trinajstić information content (AvgIpc) is 3.20. The van der Waals surface area contributed by atoms with Crippen molar-refractivity contribution in [1.29, 1.82) is 0 Å². The lowest BCUT2D eigenvalue weighted by molar-refractivity contribution is 0.168. The number of rotatable bonds is 5. The van der Waals surface area contributed by atoms with Gasteiger partial charge in [-0.05, 0) is 36.1 Å². The van der Waals surface area contributed by atoms with E-state index >= 15 is 0 Å². The summed E-state index contributed by atoms with van der Waals surface area (Å²) in [5.41, 5.74) is 3.39. The third kappa shape index (κ3) is 3.22. The second-order valence-corrected chi connectivity index (χ2v) is 6.30. The second-order valence-electron chi connectivity index (χ2n) is 6.30. The van der Waals surface area contributed by atoms with E-state index < -0.39 is 0 Å². The minimum absolute atomic E-state index is 0.0331. The Balaban J connectivity index is 1.59. The van der Waals surface area contributed by atoms with Crippen LogP contribution in [0, 0.1) is 0 Å². The highest BCUT2D eigenvalue weighted by Gasteiger charge is 2.25. The summed E-state index contributed by atoms with van der Waals surface area (Å²) in [6.07, 6.45) is 9.17. The van der Waals surface area contributed by atoms with Crippen LogP contribution in [0.15, 0.2) is 49.2 Å². The Kier molecular flexibility index (Phi) is 4.48. The van der Waals surface area contributed by atoms with Gasteiger partial charge in [-0.2, -0.15) is 0 Å². The van der Waals surface area contributed by atoms with E-state index in [1.807, 2.05) is 41.5 Å². The van der Waals surface area contributed by atoms with Crippen LogP contribution in [0.4, 0.5) is 0 Å². The first-order valence-corrected chi connectivity index (χ1v) is 8.59. The Morgan fingerprint density at radius 2 is 2.15 bits per heavy atom. The third-order valence-electron chi connectivity index (χ3n) is 4.61. The van der Waals surface area contributed by atoms with Crippen molar-refractivity contribution < 1.29 is 14.2 Å². The first-order valence-electron chi connectivity index (χ1n) is 8.59. The minimum atomic E-state index is -0.0331. The van der Waals surface area contributed by atoms with Crippen LogP contribution in [0.2, 0.25) is 0 Å². The van der Waals surface area contributed by atoms with E-state index in [4.69, 9.17) is 14.2 Å². The maximum absolute atomic E-state index is 6.28. The molecule has 6 nitrogen and oxygen atoms in total. The number of benzene rings is 1. The summed E-state index contributed by atoms with van der Waals surface area (Å²) < 4.78 is 19.1. The van der Waals surface area contributed by atoms with Crippen LogP contribution in [0.3, 0.4) is 0 Å². The van der Waals surface area contributed by atoms with Gasteiger partial charge >= 0.3 is 0 Å². The van der Waals surface area contributed by atoms with Crippen LogP contribution in [-0.4, -0.2) is 28.8 Å². The lowest BCUT2D eigenvalue weighted by atomic mass is 9.96. The molecule has 1 aromatic carbocycles. The first kappa shape index (κ1) is 16.4. The number of aromatic nitrogens is 3. The maximum Gasteiger partial charge on any atom is 0.212 e. The van der Waals surface area contributed by atoms with Crippen LogP contribution < -0.4 is 14.2 Å². The second kappa shape index (κ2) is 7.07. The van der Waals surface area contributed by atoms with Gasteiger partial charge in [-0.1, -0.05) is 6.07 Å². The van der Waals surface area contributed by atoms with Gasteiger partial charge in [0.1, 0.15) is 6.10 Å². The Morgan fingerprint density at radius 3 is 2.85 bits per heavy atom. The fraction of sp³-hybridized carbons (Fsp3) is 0.300. The fourth-order valence-electron chi connectivity index (χ4n) is 3.30. The molecule has 0 N–H and O–H groups in total. The van der Waals surface area contributed by atoms with Crippen LogP contribution in [-0.2, 0) is 13.0 Å². The first-order chi connectivity index (χ1) is 12.8.